The van der Waals surface area contributed by atoms with E-state index in [1.54, 1.807) is 25.6 Å². The molecule has 8 heteroatoms. The van der Waals surface area contributed by atoms with Gasteiger partial charge in [-0.1, -0.05) is 74.9 Å². The van der Waals surface area contributed by atoms with Crippen molar-refractivity contribution in [1.82, 2.24) is 25.1 Å². The number of aromatic nitrogens is 2. The summed E-state index contributed by atoms with van der Waals surface area (Å²) in [5.41, 5.74) is 3.13. The summed E-state index contributed by atoms with van der Waals surface area (Å²) in [5.74, 6) is 0.356. The monoisotopic (exact) mass is 569 g/mol. The van der Waals surface area contributed by atoms with E-state index in [9.17, 15) is 9.59 Å². The maximum absolute atomic E-state index is 13.9. The lowest BCUT2D eigenvalue weighted by molar-refractivity contribution is -0.154. The number of nitrogens with one attached hydrogen (secondary N) is 1. The summed E-state index contributed by atoms with van der Waals surface area (Å²) in [7, 11) is 1.78. The van der Waals surface area contributed by atoms with E-state index in [-0.39, 0.29) is 35.2 Å². The van der Waals surface area contributed by atoms with Crippen LogP contribution in [0.3, 0.4) is 0 Å². The van der Waals surface area contributed by atoms with Gasteiger partial charge in [-0.05, 0) is 37.0 Å². The second-order valence-electron chi connectivity index (χ2n) is 12.2. The fraction of sp³-hybridized carbons (Fsp3) is 0.471. The van der Waals surface area contributed by atoms with Crippen LogP contribution in [0, 0.1) is 11.3 Å². The van der Waals surface area contributed by atoms with E-state index in [1.165, 1.54) is 12.0 Å². The SMILES string of the molecule is COCC1([C@H](c2ccccc2)N2C[C@@H](C)N(C(=O)C(C)C)[C@@H](C(=O)NCc3ccc(-c4ncccn4)cc3)C2)CCC1. The van der Waals surface area contributed by atoms with Crippen LogP contribution in [0.2, 0.25) is 0 Å². The van der Waals surface area contributed by atoms with E-state index in [0.717, 1.165) is 24.0 Å². The van der Waals surface area contributed by atoms with Crippen molar-refractivity contribution in [2.24, 2.45) is 11.3 Å². The molecule has 0 bridgehead atoms. The number of amides is 2. The van der Waals surface area contributed by atoms with E-state index < -0.39 is 6.04 Å². The van der Waals surface area contributed by atoms with Crippen LogP contribution in [0.1, 0.15) is 57.2 Å². The molecule has 1 saturated carbocycles. The number of hydrogen-bond donors (Lipinski definition) is 1. The molecule has 42 heavy (non-hydrogen) atoms. The number of piperazine rings is 1. The molecule has 1 aliphatic heterocycles. The molecule has 3 aromatic rings. The van der Waals surface area contributed by atoms with Gasteiger partial charge in [0.1, 0.15) is 6.04 Å². The van der Waals surface area contributed by atoms with Crippen molar-refractivity contribution >= 4 is 11.8 Å². The topological polar surface area (TPSA) is 87.7 Å². The Bertz CT molecular complexity index is 1330. The third-order valence-corrected chi connectivity index (χ3v) is 8.85. The van der Waals surface area contributed by atoms with E-state index in [0.29, 0.717) is 32.1 Å². The standard InChI is InChI=1S/C34H43N5O3/c1-24(2)33(41)39-25(3)21-38(30(27-10-6-5-7-11-27)34(23-42-4)16-8-17-34)22-29(39)32(40)37-20-26-12-14-28(15-13-26)31-35-18-9-19-36-31/h5-7,9-15,18-19,24-25,29-30H,8,16-17,20-23H2,1-4H3,(H,37,40)/t25-,29-,30+/m1/s1. The van der Waals surface area contributed by atoms with Crippen LogP contribution in [-0.4, -0.2) is 70.5 Å². The largest absolute Gasteiger partial charge is 0.384 e. The Morgan fingerprint density at radius 1 is 1.00 bits per heavy atom. The number of ether oxygens (including phenoxy) is 1. The summed E-state index contributed by atoms with van der Waals surface area (Å²) >= 11 is 0. The van der Waals surface area contributed by atoms with Crippen LogP contribution in [0.4, 0.5) is 0 Å². The van der Waals surface area contributed by atoms with Crippen LogP contribution >= 0.6 is 0 Å². The van der Waals surface area contributed by atoms with Gasteiger partial charge in [0.25, 0.3) is 0 Å². The molecule has 2 amide bonds. The number of carbonyl (C=O) groups is 2. The Labute approximate surface area is 249 Å². The van der Waals surface area contributed by atoms with Gasteiger partial charge in [-0.2, -0.15) is 0 Å². The van der Waals surface area contributed by atoms with E-state index in [4.69, 9.17) is 4.74 Å². The summed E-state index contributed by atoms with van der Waals surface area (Å²) in [5, 5.41) is 3.15. The molecule has 1 aromatic heterocycles. The summed E-state index contributed by atoms with van der Waals surface area (Å²) in [4.78, 5) is 40.3. The Hall–Kier alpha value is -3.62. The number of rotatable bonds is 10. The lowest BCUT2D eigenvalue weighted by atomic mass is 9.62. The zero-order valence-corrected chi connectivity index (χ0v) is 25.2. The molecule has 2 aromatic carbocycles. The molecule has 1 aliphatic carbocycles. The smallest absolute Gasteiger partial charge is 0.244 e. The lowest BCUT2D eigenvalue weighted by Crippen LogP contribution is -2.66. The third kappa shape index (κ3) is 6.25. The highest BCUT2D eigenvalue weighted by molar-refractivity contribution is 5.89. The predicted molar refractivity (Wildman–Crippen MR) is 163 cm³/mol. The van der Waals surface area contributed by atoms with Crippen molar-refractivity contribution in [1.29, 1.82) is 0 Å². The van der Waals surface area contributed by atoms with Crippen molar-refractivity contribution in [2.45, 2.75) is 64.7 Å². The molecule has 8 nitrogen and oxygen atoms in total. The fourth-order valence-electron chi connectivity index (χ4n) is 6.74. The first-order valence-electron chi connectivity index (χ1n) is 15.1. The molecule has 3 atom stereocenters. The second kappa shape index (κ2) is 13.1. The first-order valence-corrected chi connectivity index (χ1v) is 15.1. The first-order chi connectivity index (χ1) is 20.3. The highest BCUT2D eigenvalue weighted by Crippen LogP contribution is 2.53. The van der Waals surface area contributed by atoms with Crippen molar-refractivity contribution in [3.63, 3.8) is 0 Å². The lowest BCUT2D eigenvalue weighted by Gasteiger charge is -2.55. The zero-order valence-electron chi connectivity index (χ0n) is 25.2. The molecule has 0 radical (unpaired) electrons. The minimum Gasteiger partial charge on any atom is -0.384 e. The predicted octanol–water partition coefficient (Wildman–Crippen LogP) is 4.88. The van der Waals surface area contributed by atoms with E-state index in [1.807, 2.05) is 49.1 Å². The van der Waals surface area contributed by atoms with Gasteiger partial charge in [0.2, 0.25) is 11.8 Å². The Kier molecular flexibility index (Phi) is 9.34. The summed E-state index contributed by atoms with van der Waals surface area (Å²) in [6.45, 7) is 8.11. The highest BCUT2D eigenvalue weighted by atomic mass is 16.5. The zero-order chi connectivity index (χ0) is 29.7. The van der Waals surface area contributed by atoms with E-state index in [2.05, 4.69) is 51.4 Å². The van der Waals surface area contributed by atoms with Crippen LogP contribution in [0.5, 0.6) is 0 Å². The maximum Gasteiger partial charge on any atom is 0.244 e. The highest BCUT2D eigenvalue weighted by Gasteiger charge is 2.51. The molecule has 1 N–H and O–H groups in total. The van der Waals surface area contributed by atoms with Crippen LogP contribution < -0.4 is 5.32 Å². The van der Waals surface area contributed by atoms with Crippen LogP contribution in [0.15, 0.2) is 73.1 Å². The summed E-state index contributed by atoms with van der Waals surface area (Å²) in [6, 6.07) is 19.7. The fourth-order valence-corrected chi connectivity index (χ4v) is 6.74. The van der Waals surface area contributed by atoms with Gasteiger partial charge < -0.3 is 15.0 Å². The van der Waals surface area contributed by atoms with Gasteiger partial charge in [-0.15, -0.1) is 0 Å². The van der Waals surface area contributed by atoms with Crippen molar-refractivity contribution in [3.05, 3.63) is 84.2 Å². The van der Waals surface area contributed by atoms with Gasteiger partial charge in [0.15, 0.2) is 5.82 Å². The molecule has 222 valence electrons. The molecular weight excluding hydrogens is 526 g/mol. The Balaban J connectivity index is 1.38. The minimum absolute atomic E-state index is 0.00864. The molecule has 2 fully saturated rings. The molecule has 2 aliphatic rings. The molecule has 0 unspecified atom stereocenters. The average Bonchev–Trinajstić information content (AvgIpc) is 2.99. The summed E-state index contributed by atoms with van der Waals surface area (Å²) < 4.78 is 5.78. The van der Waals surface area contributed by atoms with Crippen LogP contribution in [-0.2, 0) is 20.9 Å². The van der Waals surface area contributed by atoms with Gasteiger partial charge >= 0.3 is 0 Å². The number of hydrogen-bond acceptors (Lipinski definition) is 6. The molecule has 2 heterocycles. The number of nitrogens with zero attached hydrogens (tertiary/aromatic N) is 4. The number of benzene rings is 2. The molecular formula is C34H43N5O3. The maximum atomic E-state index is 13.9. The second-order valence-corrected chi connectivity index (χ2v) is 12.2. The van der Waals surface area contributed by atoms with Gasteiger partial charge in [-0.25, -0.2) is 9.97 Å². The number of carbonyl (C=O) groups excluding carboxylic acids is 2. The van der Waals surface area contributed by atoms with Gasteiger partial charge in [-0.3, -0.25) is 14.5 Å². The average molecular weight is 570 g/mol. The quantitative estimate of drug-likeness (QED) is 0.375. The molecule has 1 saturated heterocycles. The minimum atomic E-state index is -0.591. The molecule has 0 spiro atoms. The first kappa shape index (κ1) is 29.9. The van der Waals surface area contributed by atoms with Gasteiger partial charge in [0, 0.05) is 68.1 Å². The number of methoxy groups -OCH3 is 1. The third-order valence-electron chi connectivity index (χ3n) is 8.85. The van der Waals surface area contributed by atoms with Crippen molar-refractivity contribution in [3.8, 4) is 11.4 Å². The Morgan fingerprint density at radius 2 is 1.69 bits per heavy atom. The normalized spacial score (nSPS) is 21.0. The van der Waals surface area contributed by atoms with Crippen molar-refractivity contribution < 1.29 is 14.3 Å². The van der Waals surface area contributed by atoms with E-state index >= 15 is 0 Å². The molecule has 5 rings (SSSR count). The van der Waals surface area contributed by atoms with Crippen LogP contribution in [0.25, 0.3) is 11.4 Å². The Morgan fingerprint density at radius 3 is 2.29 bits per heavy atom. The van der Waals surface area contributed by atoms with Gasteiger partial charge in [0.05, 0.1) is 6.61 Å². The van der Waals surface area contributed by atoms with Crippen molar-refractivity contribution in [2.75, 3.05) is 26.8 Å². The summed E-state index contributed by atoms with van der Waals surface area (Å²) in [6.07, 6.45) is 6.79.